The van der Waals surface area contributed by atoms with Crippen LogP contribution in [0.15, 0.2) is 11.7 Å². The summed E-state index contributed by atoms with van der Waals surface area (Å²) >= 11 is 7.39. The molecule has 0 aliphatic carbocycles. The Balaban J connectivity index is 2.25. The van der Waals surface area contributed by atoms with Crippen molar-refractivity contribution in [2.75, 3.05) is 0 Å². The molecule has 0 aromatic carbocycles. The summed E-state index contributed by atoms with van der Waals surface area (Å²) in [6, 6.07) is 0. The van der Waals surface area contributed by atoms with Gasteiger partial charge in [0, 0.05) is 25.2 Å². The predicted molar refractivity (Wildman–Crippen MR) is 63.1 cm³/mol. The van der Waals surface area contributed by atoms with Gasteiger partial charge in [-0.25, -0.2) is 0 Å². The van der Waals surface area contributed by atoms with Crippen molar-refractivity contribution >= 4 is 28.7 Å². The number of thiazole rings is 1. The van der Waals surface area contributed by atoms with Gasteiger partial charge in [0.25, 0.3) is 0 Å². The number of halogens is 1. The Labute approximate surface area is 102 Å². The van der Waals surface area contributed by atoms with E-state index in [0.717, 1.165) is 11.3 Å². The number of nitrogens with zero attached hydrogens (tertiary/aromatic N) is 3. The molecule has 0 spiro atoms. The summed E-state index contributed by atoms with van der Waals surface area (Å²) in [6.07, 6.45) is 1.85. The van der Waals surface area contributed by atoms with Gasteiger partial charge < -0.3 is 0 Å². The minimum absolute atomic E-state index is 0.0282. The van der Waals surface area contributed by atoms with Gasteiger partial charge in [0.15, 0.2) is 5.78 Å². The van der Waals surface area contributed by atoms with Gasteiger partial charge in [-0.2, -0.15) is 5.10 Å². The Hall–Kier alpha value is -1.20. The van der Waals surface area contributed by atoms with E-state index >= 15 is 0 Å². The maximum Gasteiger partial charge on any atom is 0.178 e. The average Bonchev–Trinajstić information content (AvgIpc) is 2.83. The van der Waals surface area contributed by atoms with E-state index in [0.29, 0.717) is 10.0 Å². The third kappa shape index (κ3) is 2.01. The molecule has 0 unspecified atom stereocenters. The maximum atomic E-state index is 11.9. The molecule has 6 heteroatoms. The minimum atomic E-state index is 0.0282. The van der Waals surface area contributed by atoms with Gasteiger partial charge in [0.2, 0.25) is 0 Å². The second kappa shape index (κ2) is 4.35. The van der Waals surface area contributed by atoms with Crippen molar-refractivity contribution in [3.05, 3.63) is 33.0 Å². The van der Waals surface area contributed by atoms with Crippen LogP contribution in [0.25, 0.3) is 0 Å². The molecule has 0 saturated carbocycles. The SMILES string of the molecule is Cc1nn(C)c(Cl)c1CC(=O)c1cncs1. The molecule has 16 heavy (non-hydrogen) atoms. The lowest BCUT2D eigenvalue weighted by Crippen LogP contribution is -2.02. The molecule has 2 heterocycles. The van der Waals surface area contributed by atoms with E-state index in [4.69, 9.17) is 11.6 Å². The molecular weight excluding hydrogens is 246 g/mol. The summed E-state index contributed by atoms with van der Waals surface area (Å²) in [6.45, 7) is 1.85. The molecule has 2 aromatic heterocycles. The van der Waals surface area contributed by atoms with Crippen molar-refractivity contribution in [1.82, 2.24) is 14.8 Å². The normalized spacial score (nSPS) is 10.7. The molecule has 2 rings (SSSR count). The van der Waals surface area contributed by atoms with Crippen LogP contribution in [0, 0.1) is 6.92 Å². The molecule has 0 amide bonds. The first-order valence-electron chi connectivity index (χ1n) is 4.69. The van der Waals surface area contributed by atoms with E-state index < -0.39 is 0 Å². The lowest BCUT2D eigenvalue weighted by atomic mass is 10.1. The lowest BCUT2D eigenvalue weighted by molar-refractivity contribution is 0.0996. The number of Topliss-reactive ketones (excluding diaryl/α,β-unsaturated/α-hetero) is 1. The first-order valence-corrected chi connectivity index (χ1v) is 5.95. The standard InChI is InChI=1S/C10H10ClN3OS/c1-6-7(10(11)14(2)13-6)3-8(15)9-4-12-5-16-9/h4-5H,3H2,1-2H3. The van der Waals surface area contributed by atoms with Crippen molar-refractivity contribution in [2.45, 2.75) is 13.3 Å². The first-order chi connectivity index (χ1) is 7.59. The van der Waals surface area contributed by atoms with E-state index in [-0.39, 0.29) is 12.2 Å². The quantitative estimate of drug-likeness (QED) is 0.791. The van der Waals surface area contributed by atoms with Crippen molar-refractivity contribution in [2.24, 2.45) is 7.05 Å². The third-order valence-corrected chi connectivity index (χ3v) is 3.60. The van der Waals surface area contributed by atoms with Crippen LogP contribution in [-0.2, 0) is 13.5 Å². The number of carbonyl (C=O) groups is 1. The minimum Gasteiger partial charge on any atom is -0.293 e. The Morgan fingerprint density at radius 2 is 2.38 bits per heavy atom. The molecule has 2 aromatic rings. The maximum absolute atomic E-state index is 11.9. The van der Waals surface area contributed by atoms with E-state index in [9.17, 15) is 4.79 Å². The predicted octanol–water partition coefficient (Wildman–Crippen LogP) is 2.26. The Morgan fingerprint density at radius 3 is 2.88 bits per heavy atom. The number of hydrogen-bond donors (Lipinski definition) is 0. The molecule has 0 saturated heterocycles. The van der Waals surface area contributed by atoms with Crippen LogP contribution < -0.4 is 0 Å². The van der Waals surface area contributed by atoms with Crippen LogP contribution in [0.1, 0.15) is 20.9 Å². The zero-order valence-electron chi connectivity index (χ0n) is 8.90. The van der Waals surface area contributed by atoms with Gasteiger partial charge in [-0.15, -0.1) is 11.3 Å². The number of carbonyl (C=O) groups excluding carboxylic acids is 1. The van der Waals surface area contributed by atoms with Gasteiger partial charge >= 0.3 is 0 Å². The fraction of sp³-hybridized carbons (Fsp3) is 0.300. The van der Waals surface area contributed by atoms with Crippen LogP contribution in [0.4, 0.5) is 0 Å². The van der Waals surface area contributed by atoms with E-state index in [2.05, 4.69) is 10.1 Å². The molecule has 0 N–H and O–H groups in total. The highest BCUT2D eigenvalue weighted by molar-refractivity contribution is 7.11. The summed E-state index contributed by atoms with van der Waals surface area (Å²) in [5, 5.41) is 4.69. The number of rotatable bonds is 3. The number of ketones is 1. The van der Waals surface area contributed by atoms with Gasteiger partial charge in [0.1, 0.15) is 5.15 Å². The first kappa shape index (κ1) is 11.3. The smallest absolute Gasteiger partial charge is 0.178 e. The van der Waals surface area contributed by atoms with Crippen LogP contribution in [-0.4, -0.2) is 20.5 Å². The second-order valence-electron chi connectivity index (χ2n) is 3.44. The van der Waals surface area contributed by atoms with Crippen LogP contribution in [0.3, 0.4) is 0 Å². The topological polar surface area (TPSA) is 47.8 Å². The van der Waals surface area contributed by atoms with Crippen molar-refractivity contribution in [1.29, 1.82) is 0 Å². The molecule has 4 nitrogen and oxygen atoms in total. The Bertz CT molecular complexity index is 518. The molecule has 0 aliphatic heterocycles. The monoisotopic (exact) mass is 255 g/mol. The van der Waals surface area contributed by atoms with E-state index in [1.54, 1.807) is 23.4 Å². The Kier molecular flexibility index (Phi) is 3.07. The third-order valence-electron chi connectivity index (χ3n) is 2.31. The molecule has 84 valence electrons. The van der Waals surface area contributed by atoms with E-state index in [1.165, 1.54) is 11.3 Å². The molecular formula is C10H10ClN3OS. The van der Waals surface area contributed by atoms with Crippen LogP contribution >= 0.6 is 22.9 Å². The molecule has 0 aliphatic rings. The summed E-state index contributed by atoms with van der Waals surface area (Å²) in [5.74, 6) is 0.0282. The lowest BCUT2D eigenvalue weighted by Gasteiger charge is -1.98. The number of aryl methyl sites for hydroxylation is 2. The second-order valence-corrected chi connectivity index (χ2v) is 4.69. The Morgan fingerprint density at radius 1 is 1.62 bits per heavy atom. The van der Waals surface area contributed by atoms with Crippen LogP contribution in [0.5, 0.6) is 0 Å². The highest BCUT2D eigenvalue weighted by atomic mass is 35.5. The fourth-order valence-electron chi connectivity index (χ4n) is 1.48. The van der Waals surface area contributed by atoms with E-state index in [1.807, 2.05) is 6.92 Å². The zero-order chi connectivity index (χ0) is 11.7. The molecule has 0 fully saturated rings. The van der Waals surface area contributed by atoms with Gasteiger partial charge in [-0.3, -0.25) is 14.5 Å². The van der Waals surface area contributed by atoms with Crippen LogP contribution in [0.2, 0.25) is 5.15 Å². The molecule has 0 bridgehead atoms. The highest BCUT2D eigenvalue weighted by Crippen LogP contribution is 2.21. The van der Waals surface area contributed by atoms with Crippen molar-refractivity contribution < 1.29 is 4.79 Å². The highest BCUT2D eigenvalue weighted by Gasteiger charge is 2.16. The number of aromatic nitrogens is 3. The summed E-state index contributed by atoms with van der Waals surface area (Å²) in [7, 11) is 1.76. The van der Waals surface area contributed by atoms with Gasteiger partial charge in [0.05, 0.1) is 16.1 Å². The fourth-order valence-corrected chi connectivity index (χ4v) is 2.28. The largest absolute Gasteiger partial charge is 0.293 e. The summed E-state index contributed by atoms with van der Waals surface area (Å²) in [4.78, 5) is 16.4. The van der Waals surface area contributed by atoms with Gasteiger partial charge in [-0.1, -0.05) is 11.6 Å². The van der Waals surface area contributed by atoms with Crippen molar-refractivity contribution in [3.63, 3.8) is 0 Å². The summed E-state index contributed by atoms with van der Waals surface area (Å²) < 4.78 is 1.58. The average molecular weight is 256 g/mol. The molecule has 0 radical (unpaired) electrons. The molecule has 0 atom stereocenters. The summed E-state index contributed by atoms with van der Waals surface area (Å²) in [5.41, 5.74) is 3.23. The number of hydrogen-bond acceptors (Lipinski definition) is 4. The zero-order valence-corrected chi connectivity index (χ0v) is 10.5. The van der Waals surface area contributed by atoms with Gasteiger partial charge in [-0.05, 0) is 6.92 Å². The van der Waals surface area contributed by atoms with Crippen molar-refractivity contribution in [3.8, 4) is 0 Å².